The summed E-state index contributed by atoms with van der Waals surface area (Å²) in [7, 11) is 1.60. The highest BCUT2D eigenvalue weighted by atomic mass is 16.7. The van der Waals surface area contributed by atoms with Crippen LogP contribution in [0.3, 0.4) is 0 Å². The minimum atomic E-state index is 0.224. The van der Waals surface area contributed by atoms with Crippen molar-refractivity contribution < 1.29 is 19.3 Å². The van der Waals surface area contributed by atoms with E-state index in [1.807, 2.05) is 18.2 Å². The lowest BCUT2D eigenvalue weighted by Gasteiger charge is -2.45. The summed E-state index contributed by atoms with van der Waals surface area (Å²) in [6.07, 6.45) is 0.928. The van der Waals surface area contributed by atoms with Crippen molar-refractivity contribution in [2.24, 2.45) is 0 Å². The third-order valence-corrected chi connectivity index (χ3v) is 5.82. The van der Waals surface area contributed by atoms with E-state index in [4.69, 9.17) is 14.2 Å². The van der Waals surface area contributed by atoms with E-state index in [-0.39, 0.29) is 11.8 Å². The van der Waals surface area contributed by atoms with E-state index in [0.29, 0.717) is 18.5 Å². The molecule has 2 aromatic rings. The smallest absolute Gasteiger partial charge is 0.231 e. The zero-order valence-electron chi connectivity index (χ0n) is 14.4. The summed E-state index contributed by atoms with van der Waals surface area (Å²) in [5, 5.41) is 10.1. The second kappa shape index (κ2) is 5.30. The number of hydrogen-bond acceptors (Lipinski definition) is 5. The van der Waals surface area contributed by atoms with Gasteiger partial charge in [-0.15, -0.1) is 0 Å². The van der Waals surface area contributed by atoms with Crippen LogP contribution in [0, 0.1) is 0 Å². The molecule has 5 rings (SSSR count). The van der Waals surface area contributed by atoms with Gasteiger partial charge in [0.15, 0.2) is 23.0 Å². The number of ether oxygens (including phenoxy) is 3. The topological polar surface area (TPSA) is 51.2 Å². The Balaban J connectivity index is 1.63. The van der Waals surface area contributed by atoms with Gasteiger partial charge in [0.25, 0.3) is 0 Å². The van der Waals surface area contributed by atoms with Crippen LogP contribution in [0.2, 0.25) is 0 Å². The van der Waals surface area contributed by atoms with Crippen LogP contribution < -0.4 is 14.2 Å². The standard InChI is InChI=1S/C20H21NO4/c1-11-13-3-4-17-20(25-10-24-17)15(13)9-21-6-5-12-7-16(22)18(23-2)8-14(12)19(11)21/h3-4,7-8,11,19,22H,5-6,9-10H2,1-2H3/t11?,19-/m0/s1. The Bertz CT molecular complexity index is 863. The lowest BCUT2D eigenvalue weighted by molar-refractivity contribution is 0.133. The summed E-state index contributed by atoms with van der Waals surface area (Å²) in [5.41, 5.74) is 5.06. The summed E-state index contributed by atoms with van der Waals surface area (Å²) in [6, 6.07) is 8.36. The zero-order chi connectivity index (χ0) is 17.1. The summed E-state index contributed by atoms with van der Waals surface area (Å²) >= 11 is 0. The Labute approximate surface area is 146 Å². The molecule has 5 nitrogen and oxygen atoms in total. The van der Waals surface area contributed by atoms with E-state index < -0.39 is 0 Å². The number of benzene rings is 2. The third kappa shape index (κ3) is 2.05. The van der Waals surface area contributed by atoms with Crippen molar-refractivity contribution in [1.82, 2.24) is 4.90 Å². The van der Waals surface area contributed by atoms with Gasteiger partial charge in [-0.05, 0) is 41.3 Å². The molecular formula is C20H21NO4. The zero-order valence-corrected chi connectivity index (χ0v) is 14.4. The average Bonchev–Trinajstić information content (AvgIpc) is 3.10. The van der Waals surface area contributed by atoms with Crippen LogP contribution in [0.5, 0.6) is 23.0 Å². The van der Waals surface area contributed by atoms with Gasteiger partial charge in [0.05, 0.1) is 7.11 Å². The number of aromatic hydroxyl groups is 1. The van der Waals surface area contributed by atoms with Gasteiger partial charge in [0, 0.05) is 30.6 Å². The van der Waals surface area contributed by atoms with Crippen LogP contribution in [0.1, 0.15) is 41.1 Å². The molecule has 0 fully saturated rings. The molecule has 25 heavy (non-hydrogen) atoms. The van der Waals surface area contributed by atoms with Crippen molar-refractivity contribution in [3.63, 3.8) is 0 Å². The number of phenols is 1. The first-order valence-electron chi connectivity index (χ1n) is 8.72. The number of methoxy groups -OCH3 is 1. The average molecular weight is 339 g/mol. The Morgan fingerprint density at radius 2 is 2.08 bits per heavy atom. The van der Waals surface area contributed by atoms with Crippen molar-refractivity contribution in [1.29, 1.82) is 0 Å². The van der Waals surface area contributed by atoms with Gasteiger partial charge in [-0.25, -0.2) is 0 Å². The van der Waals surface area contributed by atoms with Crippen LogP contribution >= 0.6 is 0 Å². The normalized spacial score (nSPS) is 23.6. The predicted molar refractivity (Wildman–Crippen MR) is 92.5 cm³/mol. The molecule has 3 aliphatic heterocycles. The Kier molecular flexibility index (Phi) is 3.16. The van der Waals surface area contributed by atoms with Crippen LogP contribution in [-0.2, 0) is 13.0 Å². The van der Waals surface area contributed by atoms with Crippen LogP contribution in [0.25, 0.3) is 0 Å². The van der Waals surface area contributed by atoms with Crippen molar-refractivity contribution >= 4 is 0 Å². The molecule has 1 unspecified atom stereocenters. The predicted octanol–water partition coefficient (Wildman–Crippen LogP) is 3.35. The maximum Gasteiger partial charge on any atom is 0.231 e. The van der Waals surface area contributed by atoms with Gasteiger partial charge in [-0.2, -0.15) is 0 Å². The fraction of sp³-hybridized carbons (Fsp3) is 0.400. The SMILES string of the molecule is COc1cc2c(cc1O)CCN1Cc3c(ccc4c3OCO4)C(C)[C@@H]21. The molecule has 130 valence electrons. The molecule has 0 aromatic heterocycles. The molecule has 0 saturated carbocycles. The minimum Gasteiger partial charge on any atom is -0.504 e. The van der Waals surface area contributed by atoms with E-state index in [1.165, 1.54) is 22.3 Å². The molecule has 2 aromatic carbocycles. The number of rotatable bonds is 1. The largest absolute Gasteiger partial charge is 0.504 e. The van der Waals surface area contributed by atoms with E-state index in [2.05, 4.69) is 17.9 Å². The summed E-state index contributed by atoms with van der Waals surface area (Å²) in [5.74, 6) is 2.86. The van der Waals surface area contributed by atoms with Gasteiger partial charge in [0.1, 0.15) is 0 Å². The Morgan fingerprint density at radius 3 is 2.92 bits per heavy atom. The number of nitrogens with zero attached hydrogens (tertiary/aromatic N) is 1. The number of hydrogen-bond donors (Lipinski definition) is 1. The van der Waals surface area contributed by atoms with E-state index >= 15 is 0 Å². The molecule has 3 aliphatic rings. The van der Waals surface area contributed by atoms with Crippen molar-refractivity contribution in [2.75, 3.05) is 20.4 Å². The fourth-order valence-electron chi connectivity index (χ4n) is 4.65. The first-order valence-corrected chi connectivity index (χ1v) is 8.72. The lowest BCUT2D eigenvalue weighted by Crippen LogP contribution is -2.41. The molecule has 0 saturated heterocycles. The number of phenolic OH excluding ortho intramolecular Hbond substituents is 1. The third-order valence-electron chi connectivity index (χ3n) is 5.82. The van der Waals surface area contributed by atoms with Gasteiger partial charge in [-0.1, -0.05) is 13.0 Å². The summed E-state index contributed by atoms with van der Waals surface area (Å²) in [4.78, 5) is 2.51. The van der Waals surface area contributed by atoms with Crippen LogP contribution in [0.4, 0.5) is 0 Å². The highest BCUT2D eigenvalue weighted by Crippen LogP contribution is 2.51. The molecule has 0 spiro atoms. The van der Waals surface area contributed by atoms with Gasteiger partial charge in [0.2, 0.25) is 6.79 Å². The fourth-order valence-corrected chi connectivity index (χ4v) is 4.65. The Hall–Kier alpha value is -2.40. The van der Waals surface area contributed by atoms with E-state index in [9.17, 15) is 5.11 Å². The first-order chi connectivity index (χ1) is 12.2. The maximum absolute atomic E-state index is 10.1. The summed E-state index contributed by atoms with van der Waals surface area (Å²) in [6.45, 7) is 4.41. The number of fused-ring (bicyclic) bond motifs is 6. The minimum absolute atomic E-state index is 0.224. The molecular weight excluding hydrogens is 318 g/mol. The molecule has 1 N–H and O–H groups in total. The van der Waals surface area contributed by atoms with Crippen LogP contribution in [0.15, 0.2) is 24.3 Å². The maximum atomic E-state index is 10.1. The molecule has 0 aliphatic carbocycles. The van der Waals surface area contributed by atoms with Crippen molar-refractivity contribution in [3.8, 4) is 23.0 Å². The second-order valence-corrected chi connectivity index (χ2v) is 7.04. The second-order valence-electron chi connectivity index (χ2n) is 7.04. The first kappa shape index (κ1) is 14.9. The Morgan fingerprint density at radius 1 is 1.20 bits per heavy atom. The van der Waals surface area contributed by atoms with Gasteiger partial charge >= 0.3 is 0 Å². The molecule has 0 amide bonds. The molecule has 3 heterocycles. The van der Waals surface area contributed by atoms with Gasteiger partial charge in [-0.3, -0.25) is 4.90 Å². The molecule has 2 atom stereocenters. The molecule has 0 bridgehead atoms. The highest BCUT2D eigenvalue weighted by Gasteiger charge is 2.40. The van der Waals surface area contributed by atoms with Crippen molar-refractivity contribution in [3.05, 3.63) is 46.5 Å². The molecule has 0 radical (unpaired) electrons. The quantitative estimate of drug-likeness (QED) is 0.863. The van der Waals surface area contributed by atoms with E-state index in [0.717, 1.165) is 31.0 Å². The van der Waals surface area contributed by atoms with Crippen LogP contribution in [-0.4, -0.2) is 30.5 Å². The molecule has 5 heteroatoms. The van der Waals surface area contributed by atoms with Crippen molar-refractivity contribution in [2.45, 2.75) is 31.8 Å². The summed E-state index contributed by atoms with van der Waals surface area (Å²) < 4.78 is 16.6. The highest BCUT2D eigenvalue weighted by molar-refractivity contribution is 5.56. The van der Waals surface area contributed by atoms with Gasteiger partial charge < -0.3 is 19.3 Å². The monoisotopic (exact) mass is 339 g/mol. The van der Waals surface area contributed by atoms with E-state index in [1.54, 1.807) is 7.11 Å². The lowest BCUT2D eigenvalue weighted by atomic mass is 9.77.